The average molecular weight is 227 g/mol. The molecule has 0 unspecified atom stereocenters. The van der Waals surface area contributed by atoms with E-state index in [1.807, 2.05) is 6.07 Å². The second-order valence-electron chi connectivity index (χ2n) is 2.39. The molecule has 1 aromatic rings. The summed E-state index contributed by atoms with van der Waals surface area (Å²) in [5.74, 6) is 0.712. The first kappa shape index (κ1) is 7.73. The van der Waals surface area contributed by atoms with Crippen LogP contribution in [-0.4, -0.2) is 24.0 Å². The van der Waals surface area contributed by atoms with Gasteiger partial charge in [0.1, 0.15) is 6.61 Å². The predicted octanol–water partition coefficient (Wildman–Crippen LogP) is 1.62. The highest BCUT2D eigenvalue weighted by molar-refractivity contribution is 9.10. The quantitative estimate of drug-likeness (QED) is 0.730. The van der Waals surface area contributed by atoms with E-state index < -0.39 is 0 Å². The fraction of sp³-hybridized carbons (Fsp3) is 0.250. The molecule has 62 valence electrons. The number of halogens is 1. The van der Waals surface area contributed by atoms with Crippen LogP contribution in [0.25, 0.3) is 0 Å². The van der Waals surface area contributed by atoms with E-state index in [1.165, 1.54) is 0 Å². The number of hydrogen-bond donors (Lipinski definition) is 0. The summed E-state index contributed by atoms with van der Waals surface area (Å²) in [6.07, 6.45) is 3.46. The fourth-order valence-electron chi connectivity index (χ4n) is 1.05. The van der Waals surface area contributed by atoms with Crippen molar-refractivity contribution in [1.29, 1.82) is 0 Å². The van der Waals surface area contributed by atoms with Gasteiger partial charge in [0.25, 0.3) is 0 Å². The summed E-state index contributed by atoms with van der Waals surface area (Å²) < 4.78 is 6.23. The molecule has 1 aliphatic rings. The standard InChI is InChI=1S/C8H7BrN2O/c9-7-5-10-2-1-6(7)8-11-3-4-12-8/h1-2,5H,3-4H2. The maximum absolute atomic E-state index is 5.31. The lowest BCUT2D eigenvalue weighted by atomic mass is 10.3. The van der Waals surface area contributed by atoms with Crippen LogP contribution in [0.5, 0.6) is 0 Å². The zero-order valence-corrected chi connectivity index (χ0v) is 7.91. The van der Waals surface area contributed by atoms with Gasteiger partial charge in [0.2, 0.25) is 5.90 Å². The summed E-state index contributed by atoms with van der Waals surface area (Å²) in [5.41, 5.74) is 0.975. The average Bonchev–Trinajstić information content (AvgIpc) is 2.57. The van der Waals surface area contributed by atoms with E-state index in [0.717, 1.165) is 16.6 Å². The zero-order valence-electron chi connectivity index (χ0n) is 6.33. The van der Waals surface area contributed by atoms with Crippen molar-refractivity contribution in [2.75, 3.05) is 13.2 Å². The van der Waals surface area contributed by atoms with E-state index >= 15 is 0 Å². The van der Waals surface area contributed by atoms with Crippen molar-refractivity contribution in [3.8, 4) is 0 Å². The number of nitrogens with zero attached hydrogens (tertiary/aromatic N) is 2. The van der Waals surface area contributed by atoms with Crippen molar-refractivity contribution >= 4 is 21.8 Å². The van der Waals surface area contributed by atoms with Gasteiger partial charge in [-0.25, -0.2) is 4.99 Å². The molecule has 0 radical (unpaired) electrons. The number of pyridine rings is 1. The van der Waals surface area contributed by atoms with Gasteiger partial charge in [0.05, 0.1) is 12.1 Å². The number of aromatic nitrogens is 1. The van der Waals surface area contributed by atoms with Crippen molar-refractivity contribution in [2.45, 2.75) is 0 Å². The largest absolute Gasteiger partial charge is 0.475 e. The van der Waals surface area contributed by atoms with Crippen LogP contribution in [-0.2, 0) is 4.74 Å². The highest BCUT2D eigenvalue weighted by atomic mass is 79.9. The summed E-state index contributed by atoms with van der Waals surface area (Å²) in [6, 6.07) is 1.88. The second-order valence-corrected chi connectivity index (χ2v) is 3.25. The van der Waals surface area contributed by atoms with Crippen LogP contribution in [0.3, 0.4) is 0 Å². The third-order valence-corrected chi connectivity index (χ3v) is 2.22. The molecular formula is C8H7BrN2O. The molecule has 2 heterocycles. The van der Waals surface area contributed by atoms with Gasteiger partial charge < -0.3 is 4.74 Å². The molecule has 0 N–H and O–H groups in total. The molecule has 1 aromatic heterocycles. The van der Waals surface area contributed by atoms with Gasteiger partial charge in [-0.2, -0.15) is 0 Å². The van der Waals surface area contributed by atoms with Crippen molar-refractivity contribution in [3.63, 3.8) is 0 Å². The van der Waals surface area contributed by atoms with Crippen LogP contribution in [0, 0.1) is 0 Å². The smallest absolute Gasteiger partial charge is 0.217 e. The molecule has 12 heavy (non-hydrogen) atoms. The Hall–Kier alpha value is -0.900. The molecule has 0 spiro atoms. The molecule has 0 atom stereocenters. The van der Waals surface area contributed by atoms with Crippen LogP contribution >= 0.6 is 15.9 Å². The molecule has 0 fully saturated rings. The van der Waals surface area contributed by atoms with Gasteiger partial charge in [-0.3, -0.25) is 4.98 Å². The third-order valence-electron chi connectivity index (χ3n) is 1.59. The van der Waals surface area contributed by atoms with Crippen LogP contribution in [0.15, 0.2) is 27.9 Å². The Balaban J connectivity index is 2.39. The van der Waals surface area contributed by atoms with Gasteiger partial charge in [-0.1, -0.05) is 0 Å². The topological polar surface area (TPSA) is 34.5 Å². The van der Waals surface area contributed by atoms with E-state index in [1.54, 1.807) is 12.4 Å². The summed E-state index contributed by atoms with van der Waals surface area (Å²) in [5, 5.41) is 0. The van der Waals surface area contributed by atoms with Crippen molar-refractivity contribution < 1.29 is 4.74 Å². The number of rotatable bonds is 1. The highest BCUT2D eigenvalue weighted by Crippen LogP contribution is 2.17. The molecular weight excluding hydrogens is 220 g/mol. The Morgan fingerprint density at radius 3 is 3.08 bits per heavy atom. The van der Waals surface area contributed by atoms with E-state index in [4.69, 9.17) is 4.74 Å². The van der Waals surface area contributed by atoms with Gasteiger partial charge >= 0.3 is 0 Å². The highest BCUT2D eigenvalue weighted by Gasteiger charge is 2.12. The second kappa shape index (κ2) is 3.23. The van der Waals surface area contributed by atoms with Gasteiger partial charge in [-0.05, 0) is 22.0 Å². The molecule has 0 saturated heterocycles. The Labute approximate surface area is 78.6 Å². The lowest BCUT2D eigenvalue weighted by molar-refractivity contribution is 0.348. The summed E-state index contributed by atoms with van der Waals surface area (Å²) in [7, 11) is 0. The summed E-state index contributed by atoms with van der Waals surface area (Å²) in [4.78, 5) is 8.16. The molecule has 4 heteroatoms. The molecule has 1 aliphatic heterocycles. The minimum Gasteiger partial charge on any atom is -0.475 e. The number of aliphatic imine (C=N–C) groups is 1. The molecule has 0 aliphatic carbocycles. The fourth-order valence-corrected chi connectivity index (χ4v) is 1.47. The molecule has 0 amide bonds. The van der Waals surface area contributed by atoms with Gasteiger partial charge in [-0.15, -0.1) is 0 Å². The number of hydrogen-bond acceptors (Lipinski definition) is 3. The van der Waals surface area contributed by atoms with Crippen molar-refractivity contribution in [3.05, 3.63) is 28.5 Å². The SMILES string of the molecule is Brc1cnccc1C1=NCCO1. The Morgan fingerprint density at radius 2 is 2.42 bits per heavy atom. The molecule has 2 rings (SSSR count). The van der Waals surface area contributed by atoms with E-state index in [-0.39, 0.29) is 0 Å². The zero-order chi connectivity index (χ0) is 8.39. The lowest BCUT2D eigenvalue weighted by Crippen LogP contribution is -2.01. The van der Waals surface area contributed by atoms with Gasteiger partial charge in [0.15, 0.2) is 0 Å². The molecule has 3 nitrogen and oxygen atoms in total. The summed E-state index contributed by atoms with van der Waals surface area (Å²) >= 11 is 3.38. The molecule has 0 saturated carbocycles. The van der Waals surface area contributed by atoms with E-state index in [2.05, 4.69) is 25.9 Å². The monoisotopic (exact) mass is 226 g/mol. The normalized spacial score (nSPS) is 15.6. The first-order valence-corrected chi connectivity index (χ1v) is 4.44. The van der Waals surface area contributed by atoms with Crippen LogP contribution in [0.2, 0.25) is 0 Å². The minimum absolute atomic E-state index is 0.685. The lowest BCUT2D eigenvalue weighted by Gasteiger charge is -2.02. The Morgan fingerprint density at radius 1 is 1.50 bits per heavy atom. The molecule has 0 aromatic carbocycles. The van der Waals surface area contributed by atoms with Crippen LogP contribution in [0.4, 0.5) is 0 Å². The Kier molecular flexibility index (Phi) is 2.08. The molecule has 0 bridgehead atoms. The number of ether oxygens (including phenoxy) is 1. The maximum atomic E-state index is 5.31. The van der Waals surface area contributed by atoms with Crippen molar-refractivity contribution in [1.82, 2.24) is 4.98 Å². The maximum Gasteiger partial charge on any atom is 0.217 e. The van der Waals surface area contributed by atoms with Crippen molar-refractivity contribution in [2.24, 2.45) is 4.99 Å². The first-order valence-electron chi connectivity index (χ1n) is 3.65. The minimum atomic E-state index is 0.685. The summed E-state index contributed by atoms with van der Waals surface area (Å²) in [6.45, 7) is 1.44. The predicted molar refractivity (Wildman–Crippen MR) is 49.3 cm³/mol. The van der Waals surface area contributed by atoms with Crippen LogP contribution < -0.4 is 0 Å². The van der Waals surface area contributed by atoms with Crippen LogP contribution in [0.1, 0.15) is 5.56 Å². The Bertz CT molecular complexity index is 325. The van der Waals surface area contributed by atoms with E-state index in [9.17, 15) is 0 Å². The first-order chi connectivity index (χ1) is 5.88. The third kappa shape index (κ3) is 1.34. The van der Waals surface area contributed by atoms with E-state index in [0.29, 0.717) is 12.5 Å². The van der Waals surface area contributed by atoms with Gasteiger partial charge in [0, 0.05) is 16.9 Å².